The lowest BCUT2D eigenvalue weighted by Crippen LogP contribution is -2.36. The van der Waals surface area contributed by atoms with E-state index in [-0.39, 0.29) is 5.91 Å². The van der Waals surface area contributed by atoms with Crippen molar-refractivity contribution in [2.75, 3.05) is 13.1 Å². The predicted octanol–water partition coefficient (Wildman–Crippen LogP) is 2.83. The first-order valence-electron chi connectivity index (χ1n) is 9.78. The second-order valence-electron chi connectivity index (χ2n) is 7.62. The van der Waals surface area contributed by atoms with Crippen molar-refractivity contribution < 1.29 is 9.53 Å². The molecular weight excluding hydrogens is 340 g/mol. The van der Waals surface area contributed by atoms with Gasteiger partial charge >= 0.3 is 0 Å². The molecule has 146 valence electrons. The Morgan fingerprint density at radius 2 is 2.00 bits per heavy atom. The van der Waals surface area contributed by atoms with Crippen molar-refractivity contribution in [2.45, 2.75) is 52.9 Å². The van der Waals surface area contributed by atoms with Crippen molar-refractivity contribution in [2.24, 2.45) is 5.92 Å². The lowest BCUT2D eigenvalue weighted by Gasteiger charge is -2.21. The highest BCUT2D eigenvalue weighted by Crippen LogP contribution is 2.15. The van der Waals surface area contributed by atoms with Crippen LogP contribution in [0.15, 0.2) is 36.4 Å². The Bertz CT molecular complexity index is 742. The van der Waals surface area contributed by atoms with Crippen LogP contribution in [-0.2, 0) is 24.4 Å². The van der Waals surface area contributed by atoms with E-state index in [0.717, 1.165) is 38.3 Å². The Morgan fingerprint density at radius 1 is 1.22 bits per heavy atom. The van der Waals surface area contributed by atoms with E-state index in [4.69, 9.17) is 4.74 Å². The number of aryl methyl sites for hydroxylation is 1. The van der Waals surface area contributed by atoms with E-state index in [2.05, 4.69) is 39.9 Å². The lowest BCUT2D eigenvalue weighted by molar-refractivity contribution is -0.127. The highest BCUT2D eigenvalue weighted by Gasteiger charge is 2.19. The quantitative estimate of drug-likeness (QED) is 0.814. The van der Waals surface area contributed by atoms with Crippen LogP contribution in [0.4, 0.5) is 0 Å². The van der Waals surface area contributed by atoms with E-state index in [9.17, 15) is 4.79 Å². The summed E-state index contributed by atoms with van der Waals surface area (Å²) in [5.41, 5.74) is 2.13. The number of carbonyl (C=O) groups excluding carboxylic acids is 1. The van der Waals surface area contributed by atoms with Crippen LogP contribution in [0.1, 0.15) is 38.6 Å². The van der Waals surface area contributed by atoms with Gasteiger partial charge in [0.15, 0.2) is 6.10 Å². The van der Waals surface area contributed by atoms with Gasteiger partial charge in [0.05, 0.1) is 17.9 Å². The standard InChI is InChI=1S/C21H30N4O2/c1-16(2)14-24-10-7-11-25-19(15-24)12-18(23-25)13-22-21(26)17(3)27-20-8-5-4-6-9-20/h4-6,8-9,12,16-17H,7,10-11,13-15H2,1-3H3,(H,22,26)/t17-/m1/s1. The summed E-state index contributed by atoms with van der Waals surface area (Å²) in [7, 11) is 0. The minimum Gasteiger partial charge on any atom is -0.481 e. The van der Waals surface area contributed by atoms with Crippen LogP contribution >= 0.6 is 0 Å². The molecule has 3 rings (SSSR count). The van der Waals surface area contributed by atoms with E-state index >= 15 is 0 Å². The molecule has 6 heteroatoms. The number of nitrogens with one attached hydrogen (secondary N) is 1. The first-order valence-corrected chi connectivity index (χ1v) is 9.78. The molecular formula is C21H30N4O2. The molecule has 0 radical (unpaired) electrons. The van der Waals surface area contributed by atoms with Gasteiger partial charge in [0.2, 0.25) is 0 Å². The van der Waals surface area contributed by atoms with Crippen molar-refractivity contribution in [3.8, 4) is 5.75 Å². The Labute approximate surface area is 161 Å². The summed E-state index contributed by atoms with van der Waals surface area (Å²) in [5, 5.41) is 7.61. The van der Waals surface area contributed by atoms with Crippen LogP contribution in [-0.4, -0.2) is 39.8 Å². The van der Waals surface area contributed by atoms with Gasteiger partial charge in [0.25, 0.3) is 5.91 Å². The molecule has 0 saturated heterocycles. The first-order chi connectivity index (χ1) is 13.0. The Morgan fingerprint density at radius 3 is 2.74 bits per heavy atom. The van der Waals surface area contributed by atoms with Gasteiger partial charge in [0.1, 0.15) is 5.75 Å². The zero-order valence-electron chi connectivity index (χ0n) is 16.5. The Hall–Kier alpha value is -2.34. The summed E-state index contributed by atoms with van der Waals surface area (Å²) >= 11 is 0. The van der Waals surface area contributed by atoms with E-state index in [1.54, 1.807) is 6.92 Å². The summed E-state index contributed by atoms with van der Waals surface area (Å²) in [5.74, 6) is 1.21. The molecule has 0 unspecified atom stereocenters. The van der Waals surface area contributed by atoms with Crippen molar-refractivity contribution in [1.82, 2.24) is 20.0 Å². The van der Waals surface area contributed by atoms with Gasteiger partial charge in [0, 0.05) is 26.2 Å². The van der Waals surface area contributed by atoms with Gasteiger partial charge in [-0.25, -0.2) is 0 Å². The number of fused-ring (bicyclic) bond motifs is 1. The van der Waals surface area contributed by atoms with E-state index < -0.39 is 6.10 Å². The average molecular weight is 370 g/mol. The SMILES string of the molecule is CC(C)CN1CCCn2nc(CNC(=O)[C@@H](C)Oc3ccccc3)cc2C1. The van der Waals surface area contributed by atoms with Gasteiger partial charge < -0.3 is 10.1 Å². The molecule has 0 bridgehead atoms. The monoisotopic (exact) mass is 370 g/mol. The van der Waals surface area contributed by atoms with E-state index in [0.29, 0.717) is 18.2 Å². The van der Waals surface area contributed by atoms with Crippen molar-refractivity contribution in [1.29, 1.82) is 0 Å². The van der Waals surface area contributed by atoms with Gasteiger partial charge in [-0.15, -0.1) is 0 Å². The zero-order chi connectivity index (χ0) is 19.2. The maximum Gasteiger partial charge on any atom is 0.261 e. The number of amides is 1. The highest BCUT2D eigenvalue weighted by molar-refractivity contribution is 5.80. The maximum absolute atomic E-state index is 12.3. The number of ether oxygens (including phenoxy) is 1. The zero-order valence-corrected chi connectivity index (χ0v) is 16.5. The fourth-order valence-corrected chi connectivity index (χ4v) is 3.42. The Balaban J connectivity index is 1.53. The number of hydrogen-bond donors (Lipinski definition) is 1. The molecule has 1 aromatic heterocycles. The van der Waals surface area contributed by atoms with Crippen LogP contribution in [0.2, 0.25) is 0 Å². The molecule has 1 aromatic carbocycles. The molecule has 0 aliphatic carbocycles. The number of hydrogen-bond acceptors (Lipinski definition) is 4. The third-order valence-electron chi connectivity index (χ3n) is 4.64. The average Bonchev–Trinajstić information content (AvgIpc) is 2.92. The van der Waals surface area contributed by atoms with Crippen LogP contribution in [0.5, 0.6) is 5.75 Å². The van der Waals surface area contributed by atoms with Crippen LogP contribution in [0, 0.1) is 5.92 Å². The van der Waals surface area contributed by atoms with Crippen molar-refractivity contribution >= 4 is 5.91 Å². The fourth-order valence-electron chi connectivity index (χ4n) is 3.42. The summed E-state index contributed by atoms with van der Waals surface area (Å²) in [6, 6.07) is 11.5. The molecule has 1 N–H and O–H groups in total. The number of aromatic nitrogens is 2. The molecule has 0 spiro atoms. The van der Waals surface area contributed by atoms with Crippen molar-refractivity contribution in [3.05, 3.63) is 47.8 Å². The lowest BCUT2D eigenvalue weighted by atomic mass is 10.2. The topological polar surface area (TPSA) is 59.4 Å². The second kappa shape index (κ2) is 9.04. The molecule has 1 amide bonds. The third kappa shape index (κ3) is 5.57. The summed E-state index contributed by atoms with van der Waals surface area (Å²) < 4.78 is 7.76. The first kappa shape index (κ1) is 19.4. The molecule has 2 heterocycles. The summed E-state index contributed by atoms with van der Waals surface area (Å²) in [6.07, 6.45) is 0.559. The van der Waals surface area contributed by atoms with E-state index in [1.165, 1.54) is 5.69 Å². The third-order valence-corrected chi connectivity index (χ3v) is 4.64. The van der Waals surface area contributed by atoms with Crippen molar-refractivity contribution in [3.63, 3.8) is 0 Å². The van der Waals surface area contributed by atoms with Gasteiger partial charge in [-0.3, -0.25) is 14.4 Å². The second-order valence-corrected chi connectivity index (χ2v) is 7.62. The number of para-hydroxylation sites is 1. The molecule has 1 atom stereocenters. The largest absolute Gasteiger partial charge is 0.481 e. The van der Waals surface area contributed by atoms with Gasteiger partial charge in [-0.05, 0) is 37.5 Å². The highest BCUT2D eigenvalue weighted by atomic mass is 16.5. The Kier molecular flexibility index (Phi) is 6.50. The molecule has 1 aliphatic heterocycles. The van der Waals surface area contributed by atoms with Gasteiger partial charge in [-0.2, -0.15) is 5.10 Å². The molecule has 27 heavy (non-hydrogen) atoms. The maximum atomic E-state index is 12.3. The smallest absolute Gasteiger partial charge is 0.261 e. The number of nitrogens with zero attached hydrogens (tertiary/aromatic N) is 3. The molecule has 2 aromatic rings. The minimum atomic E-state index is -0.547. The molecule has 0 saturated carbocycles. The van der Waals surface area contributed by atoms with Crippen LogP contribution < -0.4 is 10.1 Å². The molecule has 0 fully saturated rings. The molecule has 1 aliphatic rings. The van der Waals surface area contributed by atoms with Gasteiger partial charge in [-0.1, -0.05) is 32.0 Å². The van der Waals surface area contributed by atoms with Crippen LogP contribution in [0.25, 0.3) is 0 Å². The molecule has 6 nitrogen and oxygen atoms in total. The fraction of sp³-hybridized carbons (Fsp3) is 0.524. The summed E-state index contributed by atoms with van der Waals surface area (Å²) in [6.45, 7) is 10.8. The number of benzene rings is 1. The predicted molar refractivity (Wildman–Crippen MR) is 105 cm³/mol. The number of carbonyl (C=O) groups is 1. The minimum absolute atomic E-state index is 0.136. The number of rotatable bonds is 7. The van der Waals surface area contributed by atoms with E-state index in [1.807, 2.05) is 30.3 Å². The summed E-state index contributed by atoms with van der Waals surface area (Å²) in [4.78, 5) is 14.8. The normalized spacial score (nSPS) is 15.9. The van der Waals surface area contributed by atoms with Crippen LogP contribution in [0.3, 0.4) is 0 Å².